The minimum absolute atomic E-state index is 0.0975. The molecule has 0 saturated carbocycles. The molecule has 0 aliphatic carbocycles. The molecule has 8 heteroatoms. The van der Waals surface area contributed by atoms with Crippen molar-refractivity contribution in [2.75, 3.05) is 10.2 Å². The van der Waals surface area contributed by atoms with Crippen LogP contribution in [0.2, 0.25) is 0 Å². The van der Waals surface area contributed by atoms with Gasteiger partial charge in [0.15, 0.2) is 0 Å². The number of halogens is 1. The van der Waals surface area contributed by atoms with Gasteiger partial charge in [0, 0.05) is 30.8 Å². The molecule has 0 aliphatic rings. The van der Waals surface area contributed by atoms with Crippen LogP contribution in [0.5, 0.6) is 0 Å². The highest BCUT2D eigenvalue weighted by Crippen LogP contribution is 2.31. The molecule has 3 amide bonds. The molecule has 0 fully saturated rings. The zero-order valence-electron chi connectivity index (χ0n) is 20.0. The van der Waals surface area contributed by atoms with Crippen molar-refractivity contribution in [2.24, 2.45) is 0 Å². The highest BCUT2D eigenvalue weighted by Gasteiger charge is 2.33. The minimum atomic E-state index is -1.05. The van der Waals surface area contributed by atoms with E-state index < -0.39 is 23.7 Å². The van der Waals surface area contributed by atoms with E-state index in [-0.39, 0.29) is 24.8 Å². The topological polar surface area (TPSA) is 91.4 Å². The zero-order chi connectivity index (χ0) is 25.4. The first-order chi connectivity index (χ1) is 16.8. The summed E-state index contributed by atoms with van der Waals surface area (Å²) in [6, 6.07) is 16.6. The quantitative estimate of drug-likeness (QED) is 0.474. The number of para-hydroxylation sites is 1. The number of hydrogen-bond donors (Lipinski definition) is 2. The molecule has 3 aromatic rings. The maximum atomic E-state index is 13.7. The van der Waals surface area contributed by atoms with Crippen molar-refractivity contribution in [3.63, 3.8) is 0 Å². The van der Waals surface area contributed by atoms with E-state index >= 15 is 0 Å². The number of anilines is 2. The smallest absolute Gasteiger partial charge is 0.248 e. The molecule has 182 valence electrons. The van der Waals surface area contributed by atoms with Crippen molar-refractivity contribution in [1.29, 1.82) is 0 Å². The second-order valence-corrected chi connectivity index (χ2v) is 8.43. The van der Waals surface area contributed by atoms with Gasteiger partial charge < -0.3 is 10.6 Å². The number of rotatable bonds is 9. The lowest BCUT2D eigenvalue weighted by Gasteiger charge is -2.33. The highest BCUT2D eigenvalue weighted by atomic mass is 19.1. The lowest BCUT2D eigenvalue weighted by molar-refractivity contribution is -0.127. The summed E-state index contributed by atoms with van der Waals surface area (Å²) >= 11 is 0. The molecule has 1 aromatic heterocycles. The number of carbonyl (C=O) groups is 3. The third kappa shape index (κ3) is 6.96. The zero-order valence-corrected chi connectivity index (χ0v) is 20.0. The monoisotopic (exact) mass is 476 g/mol. The maximum Gasteiger partial charge on any atom is 0.248 e. The van der Waals surface area contributed by atoms with Crippen LogP contribution in [0, 0.1) is 12.7 Å². The van der Waals surface area contributed by atoms with Crippen molar-refractivity contribution in [2.45, 2.75) is 45.7 Å². The van der Waals surface area contributed by atoms with Crippen molar-refractivity contribution in [3.05, 3.63) is 89.9 Å². The molecule has 7 nitrogen and oxygen atoms in total. The number of nitrogens with one attached hydrogen (secondary N) is 2. The van der Waals surface area contributed by atoms with Gasteiger partial charge in [0.1, 0.15) is 17.7 Å². The third-order valence-corrected chi connectivity index (χ3v) is 5.27. The van der Waals surface area contributed by atoms with E-state index in [0.29, 0.717) is 17.1 Å². The largest absolute Gasteiger partial charge is 0.352 e. The Morgan fingerprint density at radius 1 is 0.943 bits per heavy atom. The molecule has 0 spiro atoms. The Bertz CT molecular complexity index is 1170. The first kappa shape index (κ1) is 25.6. The Balaban J connectivity index is 1.94. The second-order valence-electron chi connectivity index (χ2n) is 8.43. The average molecular weight is 477 g/mol. The standard InChI is InChI=1S/C27H29FN4O3/c1-18(2)30-27(35)26(20-11-13-21(28)14-12-20)32(22-9-5-4-8-19(22)3)25(34)16-15-24(33)31-23-10-6-7-17-29-23/h4-14,17-18,26H,15-16H2,1-3H3,(H,30,35)(H,29,31,33)/t26-/m1/s1. The van der Waals surface area contributed by atoms with E-state index in [0.717, 1.165) is 5.56 Å². The first-order valence-corrected chi connectivity index (χ1v) is 11.4. The lowest BCUT2D eigenvalue weighted by Crippen LogP contribution is -2.46. The number of pyridine rings is 1. The number of amides is 3. The van der Waals surface area contributed by atoms with Gasteiger partial charge >= 0.3 is 0 Å². The number of benzene rings is 2. The molecule has 2 N–H and O–H groups in total. The van der Waals surface area contributed by atoms with Crippen molar-refractivity contribution in [1.82, 2.24) is 10.3 Å². The summed E-state index contributed by atoms with van der Waals surface area (Å²) in [4.78, 5) is 44.9. The number of hydrogen-bond acceptors (Lipinski definition) is 4. The molecule has 1 atom stereocenters. The third-order valence-electron chi connectivity index (χ3n) is 5.27. The van der Waals surface area contributed by atoms with E-state index in [4.69, 9.17) is 0 Å². The van der Waals surface area contributed by atoms with Crippen molar-refractivity contribution >= 4 is 29.2 Å². The minimum Gasteiger partial charge on any atom is -0.352 e. The second kappa shape index (κ2) is 11.9. The number of aromatic nitrogens is 1. The molecule has 0 aliphatic heterocycles. The van der Waals surface area contributed by atoms with Gasteiger partial charge in [-0.15, -0.1) is 0 Å². The SMILES string of the molecule is Cc1ccccc1N(C(=O)CCC(=O)Nc1ccccn1)[C@@H](C(=O)NC(C)C)c1ccc(F)cc1. The molecule has 0 bridgehead atoms. The van der Waals surface area contributed by atoms with Crippen molar-refractivity contribution in [3.8, 4) is 0 Å². The van der Waals surface area contributed by atoms with Crippen LogP contribution in [0.15, 0.2) is 72.9 Å². The number of aryl methyl sites for hydroxylation is 1. The Labute approximate surface area is 204 Å². The fraction of sp³-hybridized carbons (Fsp3) is 0.259. The summed E-state index contributed by atoms with van der Waals surface area (Å²) in [5, 5.41) is 5.53. The van der Waals surface area contributed by atoms with Gasteiger partial charge in [0.25, 0.3) is 0 Å². The van der Waals surface area contributed by atoms with Gasteiger partial charge in [0.2, 0.25) is 17.7 Å². The van der Waals surface area contributed by atoms with Gasteiger partial charge in [-0.3, -0.25) is 19.3 Å². The van der Waals surface area contributed by atoms with E-state index in [2.05, 4.69) is 15.6 Å². The Morgan fingerprint density at radius 2 is 1.63 bits per heavy atom. The van der Waals surface area contributed by atoms with Crippen LogP contribution in [0.25, 0.3) is 0 Å². The maximum absolute atomic E-state index is 13.7. The summed E-state index contributed by atoms with van der Waals surface area (Å²) in [5.41, 5.74) is 1.78. The fourth-order valence-corrected chi connectivity index (χ4v) is 3.66. The molecular weight excluding hydrogens is 447 g/mol. The van der Waals surface area contributed by atoms with Crippen LogP contribution in [0.4, 0.5) is 15.9 Å². The predicted octanol–water partition coefficient (Wildman–Crippen LogP) is 4.55. The van der Waals surface area contributed by atoms with Crippen LogP contribution >= 0.6 is 0 Å². The van der Waals surface area contributed by atoms with Crippen LogP contribution in [0.3, 0.4) is 0 Å². The molecule has 0 unspecified atom stereocenters. The Morgan fingerprint density at radius 3 is 2.26 bits per heavy atom. The summed E-state index contributed by atoms with van der Waals surface area (Å²) in [6.45, 7) is 5.48. The van der Waals surface area contributed by atoms with Gasteiger partial charge in [-0.25, -0.2) is 9.37 Å². The molecule has 0 radical (unpaired) electrons. The van der Waals surface area contributed by atoms with E-state index in [1.54, 1.807) is 36.5 Å². The van der Waals surface area contributed by atoms with E-state index in [1.807, 2.05) is 32.9 Å². The fourth-order valence-electron chi connectivity index (χ4n) is 3.66. The Hall–Kier alpha value is -4.07. The van der Waals surface area contributed by atoms with Gasteiger partial charge in [-0.05, 0) is 62.2 Å². The van der Waals surface area contributed by atoms with Gasteiger partial charge in [0.05, 0.1) is 0 Å². The Kier molecular flexibility index (Phi) is 8.67. The number of nitrogens with zero attached hydrogens (tertiary/aromatic N) is 2. The van der Waals surface area contributed by atoms with Crippen molar-refractivity contribution < 1.29 is 18.8 Å². The summed E-state index contributed by atoms with van der Waals surface area (Å²) in [6.07, 6.45) is 1.32. The lowest BCUT2D eigenvalue weighted by atomic mass is 10.0. The van der Waals surface area contributed by atoms with Gasteiger partial charge in [-0.1, -0.05) is 36.4 Å². The molecule has 1 heterocycles. The highest BCUT2D eigenvalue weighted by molar-refractivity contribution is 6.03. The first-order valence-electron chi connectivity index (χ1n) is 11.4. The van der Waals surface area contributed by atoms with E-state index in [1.165, 1.54) is 29.2 Å². The summed E-state index contributed by atoms with van der Waals surface area (Å²) in [7, 11) is 0. The van der Waals surface area contributed by atoms with Crippen LogP contribution < -0.4 is 15.5 Å². The van der Waals surface area contributed by atoms with Crippen LogP contribution in [-0.4, -0.2) is 28.7 Å². The average Bonchev–Trinajstić information content (AvgIpc) is 2.82. The summed E-state index contributed by atoms with van der Waals surface area (Å²) in [5.74, 6) is -1.24. The molecule has 35 heavy (non-hydrogen) atoms. The number of carbonyl (C=O) groups excluding carboxylic acids is 3. The molecule has 2 aromatic carbocycles. The van der Waals surface area contributed by atoms with E-state index in [9.17, 15) is 18.8 Å². The van der Waals surface area contributed by atoms with Gasteiger partial charge in [-0.2, -0.15) is 0 Å². The predicted molar refractivity (Wildman–Crippen MR) is 133 cm³/mol. The van der Waals surface area contributed by atoms with Crippen LogP contribution in [0.1, 0.15) is 43.9 Å². The molecule has 0 saturated heterocycles. The normalized spacial score (nSPS) is 11.6. The van der Waals surface area contributed by atoms with Crippen LogP contribution in [-0.2, 0) is 14.4 Å². The molecular formula is C27H29FN4O3. The summed E-state index contributed by atoms with van der Waals surface area (Å²) < 4.78 is 13.7. The molecule has 3 rings (SSSR count).